The molecule has 1 aliphatic rings. The molecule has 0 unspecified atom stereocenters. The largest absolute Gasteiger partial charge is 0.490 e. The minimum absolute atomic E-state index is 0.00327. The molecule has 0 aromatic carbocycles. The summed E-state index contributed by atoms with van der Waals surface area (Å²) in [5.74, 6) is 3.62. The fourth-order valence-corrected chi connectivity index (χ4v) is 3.10. The van der Waals surface area contributed by atoms with Crippen molar-refractivity contribution in [2.75, 3.05) is 0 Å². The van der Waals surface area contributed by atoms with E-state index >= 15 is 0 Å². The smallest absolute Gasteiger partial charge is 0.417 e. The molecule has 1 aromatic heterocycles. The van der Waals surface area contributed by atoms with Gasteiger partial charge in [0.1, 0.15) is 18.7 Å². The Morgan fingerprint density at radius 2 is 2.00 bits per heavy atom. The van der Waals surface area contributed by atoms with E-state index in [9.17, 15) is 18.0 Å². The summed E-state index contributed by atoms with van der Waals surface area (Å²) in [4.78, 5) is 10.9. The Kier molecular flexibility index (Phi) is 6.83. The van der Waals surface area contributed by atoms with Gasteiger partial charge in [-0.3, -0.25) is 0 Å². The van der Waals surface area contributed by atoms with Gasteiger partial charge in [0.2, 0.25) is 0 Å². The first-order chi connectivity index (χ1) is 12.8. The summed E-state index contributed by atoms with van der Waals surface area (Å²) in [7, 11) is 1.80. The summed E-state index contributed by atoms with van der Waals surface area (Å²) in [5.41, 5.74) is -0.951. The lowest BCUT2D eigenvalue weighted by Gasteiger charge is -2.24. The Morgan fingerprint density at radius 1 is 1.33 bits per heavy atom. The molecule has 0 radical (unpaired) electrons. The standard InChI is InChI=1S/C19H22F3N3O2/c1-4-5-16(19(20,21)22)10-13(2)27-12-17-23-24-18(25(17)3)15-8-6-14(11-26)7-9-15/h1,5,10-11,14-15H,6-9,12H2,2-3H3/b13-10+,16-5+. The van der Waals surface area contributed by atoms with Crippen molar-refractivity contribution < 1.29 is 22.7 Å². The highest BCUT2D eigenvalue weighted by Crippen LogP contribution is 2.34. The number of aldehydes is 1. The number of carbonyl (C=O) groups excluding carboxylic acids is 1. The van der Waals surface area contributed by atoms with Gasteiger partial charge in [-0.05, 0) is 38.7 Å². The van der Waals surface area contributed by atoms with Crippen LogP contribution in [0.2, 0.25) is 0 Å². The molecular weight excluding hydrogens is 359 g/mol. The van der Waals surface area contributed by atoms with Crippen molar-refractivity contribution >= 4 is 6.29 Å². The van der Waals surface area contributed by atoms with Crippen molar-refractivity contribution in [3.05, 3.63) is 35.1 Å². The van der Waals surface area contributed by atoms with Gasteiger partial charge in [-0.15, -0.1) is 16.6 Å². The third kappa shape index (κ3) is 5.46. The van der Waals surface area contributed by atoms with E-state index in [2.05, 4.69) is 10.2 Å². The Balaban J connectivity index is 2.02. The predicted octanol–water partition coefficient (Wildman–Crippen LogP) is 3.83. The predicted molar refractivity (Wildman–Crippen MR) is 93.3 cm³/mol. The number of aromatic nitrogens is 3. The van der Waals surface area contributed by atoms with Crippen molar-refractivity contribution in [2.45, 2.75) is 51.3 Å². The van der Waals surface area contributed by atoms with Crippen LogP contribution in [0.15, 0.2) is 23.5 Å². The summed E-state index contributed by atoms with van der Waals surface area (Å²) in [6.07, 6.45) is 6.30. The van der Waals surface area contributed by atoms with Gasteiger partial charge in [0.15, 0.2) is 5.82 Å². The molecule has 0 aliphatic heterocycles. The quantitative estimate of drug-likeness (QED) is 0.325. The maximum Gasteiger partial charge on any atom is 0.417 e. The zero-order valence-electron chi connectivity index (χ0n) is 15.3. The molecule has 0 spiro atoms. The molecule has 1 heterocycles. The van der Waals surface area contributed by atoms with E-state index < -0.39 is 11.7 Å². The van der Waals surface area contributed by atoms with Crippen molar-refractivity contribution in [1.29, 1.82) is 0 Å². The number of terminal acetylenes is 1. The molecule has 1 aliphatic carbocycles. The third-order valence-corrected chi connectivity index (χ3v) is 4.68. The summed E-state index contributed by atoms with van der Waals surface area (Å²) in [5, 5.41) is 8.29. The number of alkyl halides is 3. The summed E-state index contributed by atoms with van der Waals surface area (Å²) >= 11 is 0. The highest BCUT2D eigenvalue weighted by molar-refractivity contribution is 5.53. The molecule has 8 heteroatoms. The molecule has 1 fully saturated rings. The van der Waals surface area contributed by atoms with E-state index in [1.165, 1.54) is 6.92 Å². The first-order valence-electron chi connectivity index (χ1n) is 8.64. The zero-order chi connectivity index (χ0) is 20.0. The molecule has 5 nitrogen and oxygen atoms in total. The summed E-state index contributed by atoms with van der Waals surface area (Å²) in [6.45, 7) is 1.42. The minimum atomic E-state index is -4.55. The molecular formula is C19H22F3N3O2. The average Bonchev–Trinajstić information content (AvgIpc) is 2.99. The van der Waals surface area contributed by atoms with Crippen LogP contribution >= 0.6 is 0 Å². The first kappa shape index (κ1) is 20.7. The van der Waals surface area contributed by atoms with Gasteiger partial charge in [0, 0.05) is 25.0 Å². The molecule has 27 heavy (non-hydrogen) atoms. The lowest BCUT2D eigenvalue weighted by atomic mass is 9.82. The number of carbonyl (C=O) groups is 1. The fourth-order valence-electron chi connectivity index (χ4n) is 3.10. The van der Waals surface area contributed by atoms with Crippen LogP contribution in [0, 0.1) is 18.3 Å². The van der Waals surface area contributed by atoms with Gasteiger partial charge in [-0.1, -0.05) is 5.92 Å². The molecule has 2 rings (SSSR count). The van der Waals surface area contributed by atoms with E-state index in [1.807, 2.05) is 5.92 Å². The molecule has 146 valence electrons. The number of rotatable bonds is 6. The third-order valence-electron chi connectivity index (χ3n) is 4.68. The number of ether oxygens (including phenoxy) is 1. The molecule has 0 bridgehead atoms. The number of hydrogen-bond donors (Lipinski definition) is 0. The van der Waals surface area contributed by atoms with Crippen molar-refractivity contribution in [3.63, 3.8) is 0 Å². The van der Waals surface area contributed by atoms with Crippen LogP contribution in [-0.2, 0) is 23.2 Å². The fraction of sp³-hybridized carbons (Fsp3) is 0.526. The SMILES string of the molecule is C#C/C=C(\C=C(/C)OCc1nnc(C2CCC(C=O)CC2)n1C)C(F)(F)F. The number of halogens is 3. The topological polar surface area (TPSA) is 57.0 Å². The van der Waals surface area contributed by atoms with Gasteiger partial charge >= 0.3 is 6.18 Å². The minimum Gasteiger partial charge on any atom is -0.490 e. The molecule has 1 aromatic rings. The van der Waals surface area contributed by atoms with Gasteiger partial charge in [0.25, 0.3) is 0 Å². The van der Waals surface area contributed by atoms with E-state index in [0.29, 0.717) is 11.9 Å². The van der Waals surface area contributed by atoms with Crippen molar-refractivity contribution in [1.82, 2.24) is 14.8 Å². The number of hydrogen-bond acceptors (Lipinski definition) is 4. The zero-order valence-corrected chi connectivity index (χ0v) is 15.3. The summed E-state index contributed by atoms with van der Waals surface area (Å²) in [6, 6.07) is 0. The molecule has 1 saturated carbocycles. The van der Waals surface area contributed by atoms with Crippen LogP contribution in [0.3, 0.4) is 0 Å². The van der Waals surface area contributed by atoms with Gasteiger partial charge in [-0.2, -0.15) is 13.2 Å². The Bertz CT molecular complexity index is 764. The number of allylic oxidation sites excluding steroid dienone is 4. The van der Waals surface area contributed by atoms with Crippen LogP contribution in [0.5, 0.6) is 0 Å². The van der Waals surface area contributed by atoms with Crippen LogP contribution in [0.4, 0.5) is 13.2 Å². The molecule has 0 atom stereocenters. The van der Waals surface area contributed by atoms with Crippen LogP contribution in [-0.4, -0.2) is 27.2 Å². The highest BCUT2D eigenvalue weighted by atomic mass is 19.4. The Labute approximate surface area is 156 Å². The highest BCUT2D eigenvalue weighted by Gasteiger charge is 2.32. The van der Waals surface area contributed by atoms with E-state index in [-0.39, 0.29) is 24.2 Å². The molecule has 0 amide bonds. The second kappa shape index (κ2) is 8.89. The Hall–Kier alpha value is -2.56. The maximum absolute atomic E-state index is 12.8. The monoisotopic (exact) mass is 381 g/mol. The second-order valence-corrected chi connectivity index (χ2v) is 6.59. The van der Waals surface area contributed by atoms with Crippen molar-refractivity contribution in [3.8, 4) is 12.3 Å². The van der Waals surface area contributed by atoms with E-state index in [1.54, 1.807) is 11.6 Å². The van der Waals surface area contributed by atoms with Crippen molar-refractivity contribution in [2.24, 2.45) is 13.0 Å². The van der Waals surface area contributed by atoms with Crippen LogP contribution in [0.25, 0.3) is 0 Å². The van der Waals surface area contributed by atoms with Gasteiger partial charge in [0.05, 0.1) is 11.3 Å². The first-order valence-corrected chi connectivity index (χ1v) is 8.64. The number of nitrogens with zero attached hydrogens (tertiary/aromatic N) is 3. The second-order valence-electron chi connectivity index (χ2n) is 6.59. The van der Waals surface area contributed by atoms with Gasteiger partial charge < -0.3 is 14.1 Å². The lowest BCUT2D eigenvalue weighted by Crippen LogP contribution is -2.17. The maximum atomic E-state index is 12.8. The van der Waals surface area contributed by atoms with Crippen LogP contribution < -0.4 is 0 Å². The van der Waals surface area contributed by atoms with Gasteiger partial charge in [-0.25, -0.2) is 0 Å². The normalized spacial score (nSPS) is 21.6. The van der Waals surface area contributed by atoms with E-state index in [4.69, 9.17) is 11.2 Å². The van der Waals surface area contributed by atoms with Crippen LogP contribution in [0.1, 0.15) is 50.2 Å². The average molecular weight is 381 g/mol. The Morgan fingerprint density at radius 3 is 2.56 bits per heavy atom. The molecule has 0 N–H and O–H groups in total. The summed E-state index contributed by atoms with van der Waals surface area (Å²) < 4.78 is 45.7. The lowest BCUT2D eigenvalue weighted by molar-refractivity contribution is -0.112. The molecule has 0 saturated heterocycles. The van der Waals surface area contributed by atoms with E-state index in [0.717, 1.165) is 43.9 Å².